The number of hydrogen-bond donors (Lipinski definition) is 2. The van der Waals surface area contributed by atoms with Crippen molar-refractivity contribution in [3.63, 3.8) is 0 Å². The fraction of sp³-hybridized carbons (Fsp3) is 0.643. The Morgan fingerprint density at radius 1 is 1.38 bits per heavy atom. The number of sulfonamides is 1. The number of anilines is 1. The number of aliphatic hydroxyl groups excluding tert-OH is 1. The molecule has 6 nitrogen and oxygen atoms in total. The summed E-state index contributed by atoms with van der Waals surface area (Å²) >= 11 is 0. The van der Waals surface area contributed by atoms with Gasteiger partial charge in [-0.25, -0.2) is 13.4 Å². The summed E-state index contributed by atoms with van der Waals surface area (Å²) in [5.41, 5.74) is 0. The van der Waals surface area contributed by atoms with Gasteiger partial charge in [-0.1, -0.05) is 12.8 Å². The zero-order valence-electron chi connectivity index (χ0n) is 12.5. The summed E-state index contributed by atoms with van der Waals surface area (Å²) in [5, 5.41) is 13.1. The fourth-order valence-electron chi connectivity index (χ4n) is 2.68. The lowest BCUT2D eigenvalue weighted by molar-refractivity contribution is 0.0638. The Morgan fingerprint density at radius 3 is 2.67 bits per heavy atom. The van der Waals surface area contributed by atoms with E-state index in [2.05, 4.69) is 10.3 Å². The lowest BCUT2D eigenvalue weighted by Crippen LogP contribution is -2.46. The van der Waals surface area contributed by atoms with Crippen molar-refractivity contribution in [2.24, 2.45) is 0 Å². The molecule has 0 aromatic carbocycles. The second-order valence-corrected chi connectivity index (χ2v) is 7.35. The third kappa shape index (κ3) is 3.53. The summed E-state index contributed by atoms with van der Waals surface area (Å²) in [6.07, 6.45) is 4.01. The van der Waals surface area contributed by atoms with E-state index in [4.69, 9.17) is 0 Å². The zero-order chi connectivity index (χ0) is 15.5. The van der Waals surface area contributed by atoms with Crippen molar-refractivity contribution < 1.29 is 13.5 Å². The van der Waals surface area contributed by atoms with E-state index in [0.717, 1.165) is 19.4 Å². The Balaban J connectivity index is 2.19. The Labute approximate surface area is 126 Å². The van der Waals surface area contributed by atoms with Gasteiger partial charge in [0, 0.05) is 19.8 Å². The molecule has 1 aliphatic carbocycles. The minimum atomic E-state index is -3.62. The molecule has 0 saturated heterocycles. The first-order valence-corrected chi connectivity index (χ1v) is 8.77. The van der Waals surface area contributed by atoms with E-state index in [9.17, 15) is 13.5 Å². The van der Waals surface area contributed by atoms with Crippen molar-refractivity contribution in [3.8, 4) is 0 Å². The maximum Gasteiger partial charge on any atom is 0.244 e. The third-order valence-corrected chi connectivity index (χ3v) is 5.80. The maximum absolute atomic E-state index is 12.6. The molecule has 2 N–H and O–H groups in total. The third-order valence-electron chi connectivity index (χ3n) is 3.93. The van der Waals surface area contributed by atoms with Crippen molar-refractivity contribution in [2.45, 2.75) is 49.6 Å². The highest BCUT2D eigenvalue weighted by Crippen LogP contribution is 2.26. The average molecular weight is 313 g/mol. The lowest BCUT2D eigenvalue weighted by Gasteiger charge is -2.34. The van der Waals surface area contributed by atoms with Crippen LogP contribution in [-0.4, -0.2) is 48.6 Å². The van der Waals surface area contributed by atoms with Crippen molar-refractivity contribution in [2.75, 3.05) is 18.9 Å². The van der Waals surface area contributed by atoms with Crippen LogP contribution in [0.4, 0.5) is 5.82 Å². The molecule has 0 aliphatic heterocycles. The zero-order valence-corrected chi connectivity index (χ0v) is 13.3. The molecular weight excluding hydrogens is 290 g/mol. The number of nitrogens with one attached hydrogen (secondary N) is 1. The molecule has 1 saturated carbocycles. The monoisotopic (exact) mass is 313 g/mol. The van der Waals surface area contributed by atoms with E-state index >= 15 is 0 Å². The molecule has 118 valence electrons. The van der Waals surface area contributed by atoms with E-state index in [1.165, 1.54) is 17.5 Å². The maximum atomic E-state index is 12.6. The lowest BCUT2D eigenvalue weighted by atomic mass is 9.93. The smallest absolute Gasteiger partial charge is 0.244 e. The molecule has 21 heavy (non-hydrogen) atoms. The molecule has 1 heterocycles. The van der Waals surface area contributed by atoms with Gasteiger partial charge in [-0.15, -0.1) is 0 Å². The molecule has 0 bridgehead atoms. The van der Waals surface area contributed by atoms with E-state index in [1.807, 2.05) is 6.92 Å². The highest BCUT2D eigenvalue weighted by molar-refractivity contribution is 7.89. The summed E-state index contributed by atoms with van der Waals surface area (Å²) in [4.78, 5) is 4.26. The van der Waals surface area contributed by atoms with Crippen LogP contribution in [0.2, 0.25) is 0 Å². The van der Waals surface area contributed by atoms with E-state index in [1.54, 1.807) is 12.1 Å². The van der Waals surface area contributed by atoms with Crippen molar-refractivity contribution >= 4 is 15.8 Å². The Kier molecular flexibility index (Phi) is 5.18. The molecule has 1 aliphatic rings. The molecule has 7 heteroatoms. The number of nitrogens with zero attached hydrogens (tertiary/aromatic N) is 2. The molecule has 0 amide bonds. The van der Waals surface area contributed by atoms with Gasteiger partial charge < -0.3 is 10.4 Å². The number of rotatable bonds is 5. The van der Waals surface area contributed by atoms with Crippen molar-refractivity contribution in [3.05, 3.63) is 18.3 Å². The van der Waals surface area contributed by atoms with E-state index in [-0.39, 0.29) is 10.9 Å². The van der Waals surface area contributed by atoms with Crippen LogP contribution in [0.3, 0.4) is 0 Å². The second-order valence-electron chi connectivity index (χ2n) is 5.35. The van der Waals surface area contributed by atoms with E-state index in [0.29, 0.717) is 18.7 Å². The van der Waals surface area contributed by atoms with Gasteiger partial charge >= 0.3 is 0 Å². The average Bonchev–Trinajstić information content (AvgIpc) is 2.48. The van der Waals surface area contributed by atoms with Crippen LogP contribution in [-0.2, 0) is 10.0 Å². The first-order valence-electron chi connectivity index (χ1n) is 7.33. The number of aromatic nitrogens is 1. The van der Waals surface area contributed by atoms with Gasteiger partial charge in [-0.2, -0.15) is 4.31 Å². The molecule has 2 unspecified atom stereocenters. The highest BCUT2D eigenvalue weighted by Gasteiger charge is 2.34. The predicted molar refractivity (Wildman–Crippen MR) is 81.6 cm³/mol. The first kappa shape index (κ1) is 16.2. The fourth-order valence-corrected chi connectivity index (χ4v) is 4.04. The van der Waals surface area contributed by atoms with Gasteiger partial charge in [0.1, 0.15) is 10.7 Å². The van der Waals surface area contributed by atoms with Crippen molar-refractivity contribution in [1.82, 2.24) is 9.29 Å². The topological polar surface area (TPSA) is 82.5 Å². The van der Waals surface area contributed by atoms with Gasteiger partial charge in [0.25, 0.3) is 0 Å². The summed E-state index contributed by atoms with van der Waals surface area (Å²) in [6, 6.07) is 2.85. The Morgan fingerprint density at radius 2 is 2.10 bits per heavy atom. The SMILES string of the molecule is CCNc1ccc(S(=O)(=O)N(C)C2CCCCC2O)cn1. The Hall–Kier alpha value is -1.18. The summed E-state index contributed by atoms with van der Waals surface area (Å²) in [6.45, 7) is 2.68. The first-order chi connectivity index (χ1) is 9.96. The molecule has 2 rings (SSSR count). The van der Waals surface area contributed by atoms with Gasteiger partial charge in [0.15, 0.2) is 0 Å². The van der Waals surface area contributed by atoms with Gasteiger partial charge in [0.05, 0.1) is 12.1 Å². The van der Waals surface area contributed by atoms with Gasteiger partial charge in [0.2, 0.25) is 10.0 Å². The van der Waals surface area contributed by atoms with Crippen LogP contribution in [0.5, 0.6) is 0 Å². The largest absolute Gasteiger partial charge is 0.391 e. The van der Waals surface area contributed by atoms with Crippen LogP contribution >= 0.6 is 0 Å². The van der Waals surface area contributed by atoms with Crippen LogP contribution in [0, 0.1) is 0 Å². The van der Waals surface area contributed by atoms with Crippen LogP contribution in [0.1, 0.15) is 32.6 Å². The molecule has 0 radical (unpaired) electrons. The molecule has 0 spiro atoms. The van der Waals surface area contributed by atoms with Crippen LogP contribution in [0.15, 0.2) is 23.2 Å². The number of likely N-dealkylation sites (N-methyl/N-ethyl adjacent to an activating group) is 1. The van der Waals surface area contributed by atoms with E-state index < -0.39 is 16.1 Å². The van der Waals surface area contributed by atoms with Crippen LogP contribution in [0.25, 0.3) is 0 Å². The normalized spacial score (nSPS) is 23.2. The standard InChI is InChI=1S/C14H23N3O3S/c1-3-15-14-9-8-11(10-16-14)21(19,20)17(2)12-6-4-5-7-13(12)18/h8-10,12-13,18H,3-7H2,1-2H3,(H,15,16). The minimum absolute atomic E-state index is 0.157. The number of hydrogen-bond acceptors (Lipinski definition) is 5. The second kappa shape index (κ2) is 6.72. The van der Waals surface area contributed by atoms with Gasteiger partial charge in [-0.3, -0.25) is 0 Å². The molecule has 2 atom stereocenters. The molecule has 1 fully saturated rings. The quantitative estimate of drug-likeness (QED) is 0.859. The highest BCUT2D eigenvalue weighted by atomic mass is 32.2. The molecule has 1 aromatic rings. The van der Waals surface area contributed by atoms with Crippen LogP contribution < -0.4 is 5.32 Å². The summed E-state index contributed by atoms with van der Waals surface area (Å²) < 4.78 is 26.5. The Bertz CT molecular complexity index is 559. The predicted octanol–water partition coefficient (Wildman–Crippen LogP) is 1.44. The summed E-state index contributed by atoms with van der Waals surface area (Å²) in [7, 11) is -2.09. The summed E-state index contributed by atoms with van der Waals surface area (Å²) in [5.74, 6) is 0.650. The number of aliphatic hydroxyl groups is 1. The minimum Gasteiger partial charge on any atom is -0.391 e. The van der Waals surface area contributed by atoms with Crippen molar-refractivity contribution in [1.29, 1.82) is 0 Å². The number of pyridine rings is 1. The molecule has 1 aromatic heterocycles. The van der Waals surface area contributed by atoms with Gasteiger partial charge in [-0.05, 0) is 31.9 Å². The molecular formula is C14H23N3O3S.